The van der Waals surface area contributed by atoms with Gasteiger partial charge in [0.1, 0.15) is 11.4 Å². The van der Waals surface area contributed by atoms with Crippen molar-refractivity contribution in [2.75, 3.05) is 0 Å². The number of nitrogens with two attached hydrogens (primary N) is 1. The van der Waals surface area contributed by atoms with Crippen LogP contribution in [0.15, 0.2) is 28.7 Å². The Morgan fingerprint density at radius 3 is 2.62 bits per heavy atom. The molecule has 1 aliphatic rings. The molecule has 3 rings (SSSR count). The molecule has 138 valence electrons. The quantitative estimate of drug-likeness (QED) is 0.466. The molecular weight excluding hydrogens is 334 g/mol. The molecule has 0 aliphatic heterocycles. The number of furan rings is 1. The summed E-state index contributed by atoms with van der Waals surface area (Å²) in [6.45, 7) is 0. The van der Waals surface area contributed by atoms with E-state index >= 15 is 0 Å². The van der Waals surface area contributed by atoms with Crippen molar-refractivity contribution < 1.29 is 19.1 Å². The second kappa shape index (κ2) is 7.59. The number of rotatable bonds is 6. The number of carboxylic acid groups (broad SMARTS) is 1. The zero-order valence-corrected chi connectivity index (χ0v) is 14.5. The molecule has 0 spiro atoms. The fraction of sp³-hybridized carbons (Fsp3) is 0.421. The summed E-state index contributed by atoms with van der Waals surface area (Å²) in [5.74, 6) is -0.360. The first kappa shape index (κ1) is 18.0. The summed E-state index contributed by atoms with van der Waals surface area (Å²) < 4.78 is 5.60. The van der Waals surface area contributed by atoms with Crippen LogP contribution in [-0.2, 0) is 4.79 Å². The number of fused-ring (bicyclic) bond motifs is 1. The van der Waals surface area contributed by atoms with Crippen molar-refractivity contribution in [3.63, 3.8) is 0 Å². The highest BCUT2D eigenvalue weighted by Crippen LogP contribution is 2.28. The van der Waals surface area contributed by atoms with Crippen LogP contribution in [0.5, 0.6) is 0 Å². The molecule has 1 fully saturated rings. The normalized spacial score (nSPS) is 20.0. The number of nitrogen functional groups attached to an aromatic ring is 1. The third-order valence-corrected chi connectivity index (χ3v) is 5.00. The van der Waals surface area contributed by atoms with Crippen LogP contribution in [0.2, 0.25) is 0 Å². The number of amidine groups is 1. The Balaban J connectivity index is 1.58. The number of aliphatic carboxylic acids is 1. The van der Waals surface area contributed by atoms with Gasteiger partial charge in [0.05, 0.1) is 0 Å². The summed E-state index contributed by atoms with van der Waals surface area (Å²) in [5, 5.41) is 20.0. The lowest BCUT2D eigenvalue weighted by atomic mass is 9.83. The number of carbonyl (C=O) groups excluding carboxylic acids is 1. The standard InChI is InChI=1S/C19H23N3O4/c20-18(21)12-4-7-15-13(9-12)10-16(26-15)19(25)22-14-5-1-11(2-6-14)3-8-17(23)24/h4,7,9-11,14H,1-3,5-6,8H2,(H3,20,21)(H,22,25)(H,23,24)/t11-,14-. The van der Waals surface area contributed by atoms with Gasteiger partial charge in [0.15, 0.2) is 5.76 Å². The molecule has 1 aromatic carbocycles. The predicted molar refractivity (Wildman–Crippen MR) is 97.3 cm³/mol. The minimum atomic E-state index is -0.752. The maximum Gasteiger partial charge on any atom is 0.303 e. The fourth-order valence-electron chi connectivity index (χ4n) is 3.50. The van der Waals surface area contributed by atoms with E-state index in [-0.39, 0.29) is 30.0 Å². The van der Waals surface area contributed by atoms with Gasteiger partial charge in [0.25, 0.3) is 5.91 Å². The van der Waals surface area contributed by atoms with Gasteiger partial charge >= 0.3 is 5.97 Å². The molecule has 7 nitrogen and oxygen atoms in total. The molecule has 0 bridgehead atoms. The average molecular weight is 357 g/mol. The van der Waals surface area contributed by atoms with E-state index in [1.807, 2.05) is 0 Å². The Bertz CT molecular complexity index is 834. The third kappa shape index (κ3) is 4.22. The first-order chi connectivity index (χ1) is 12.4. The van der Waals surface area contributed by atoms with E-state index in [1.54, 1.807) is 24.3 Å². The molecule has 7 heteroatoms. The fourth-order valence-corrected chi connectivity index (χ4v) is 3.50. The van der Waals surface area contributed by atoms with Crippen LogP contribution in [0.3, 0.4) is 0 Å². The van der Waals surface area contributed by atoms with E-state index in [0.717, 1.165) is 31.1 Å². The molecule has 26 heavy (non-hydrogen) atoms. The van der Waals surface area contributed by atoms with Gasteiger partial charge < -0.3 is 20.6 Å². The Hall–Kier alpha value is -2.83. The number of benzene rings is 1. The van der Waals surface area contributed by atoms with Crippen molar-refractivity contribution in [2.24, 2.45) is 11.7 Å². The molecule has 1 saturated carbocycles. The Kier molecular flexibility index (Phi) is 5.25. The van der Waals surface area contributed by atoms with Crippen molar-refractivity contribution in [1.82, 2.24) is 5.32 Å². The number of nitrogens with one attached hydrogen (secondary N) is 2. The highest BCUT2D eigenvalue weighted by Gasteiger charge is 2.24. The maximum absolute atomic E-state index is 12.4. The Labute approximate surface area is 151 Å². The van der Waals surface area contributed by atoms with Crippen molar-refractivity contribution in [1.29, 1.82) is 5.41 Å². The second-order valence-corrected chi connectivity index (χ2v) is 6.90. The highest BCUT2D eigenvalue weighted by atomic mass is 16.4. The maximum atomic E-state index is 12.4. The minimum absolute atomic E-state index is 0.0289. The SMILES string of the molecule is N=C(N)c1ccc2oc(C(=O)N[C@H]3CC[C@H](CCC(=O)O)CC3)cc2c1. The van der Waals surface area contributed by atoms with Gasteiger partial charge in [0.2, 0.25) is 0 Å². The van der Waals surface area contributed by atoms with Crippen molar-refractivity contribution >= 4 is 28.7 Å². The van der Waals surface area contributed by atoms with Gasteiger partial charge in [-0.25, -0.2) is 0 Å². The Morgan fingerprint density at radius 1 is 1.23 bits per heavy atom. The first-order valence-corrected chi connectivity index (χ1v) is 8.83. The van der Waals surface area contributed by atoms with Gasteiger partial charge in [-0.05, 0) is 62.3 Å². The van der Waals surface area contributed by atoms with Crippen molar-refractivity contribution in [2.45, 2.75) is 44.6 Å². The summed E-state index contributed by atoms with van der Waals surface area (Å²) in [4.78, 5) is 23.1. The molecule has 1 aromatic heterocycles. The molecular formula is C19H23N3O4. The van der Waals surface area contributed by atoms with E-state index in [2.05, 4.69) is 5.32 Å². The summed E-state index contributed by atoms with van der Waals surface area (Å²) in [5.41, 5.74) is 6.65. The number of carbonyl (C=O) groups is 2. The van der Waals surface area contributed by atoms with Gasteiger partial charge in [0, 0.05) is 23.4 Å². The molecule has 0 atom stereocenters. The Morgan fingerprint density at radius 2 is 1.96 bits per heavy atom. The van der Waals surface area contributed by atoms with Crippen molar-refractivity contribution in [3.05, 3.63) is 35.6 Å². The summed E-state index contributed by atoms with van der Waals surface area (Å²) in [7, 11) is 0. The minimum Gasteiger partial charge on any atom is -0.481 e. The number of carboxylic acids is 1. The molecule has 2 aromatic rings. The van der Waals surface area contributed by atoms with Crippen LogP contribution in [-0.4, -0.2) is 28.9 Å². The van der Waals surface area contributed by atoms with Crippen LogP contribution < -0.4 is 11.1 Å². The van der Waals surface area contributed by atoms with Gasteiger partial charge in [-0.2, -0.15) is 0 Å². The molecule has 0 radical (unpaired) electrons. The zero-order valence-electron chi connectivity index (χ0n) is 14.5. The van der Waals surface area contributed by atoms with E-state index in [9.17, 15) is 9.59 Å². The number of hydrogen-bond acceptors (Lipinski definition) is 4. The monoisotopic (exact) mass is 357 g/mol. The van der Waals surface area contributed by atoms with E-state index in [0.29, 0.717) is 23.5 Å². The first-order valence-electron chi connectivity index (χ1n) is 8.83. The number of amides is 1. The molecule has 0 unspecified atom stereocenters. The van der Waals surface area contributed by atoms with Crippen LogP contribution in [0.4, 0.5) is 0 Å². The highest BCUT2D eigenvalue weighted by molar-refractivity contribution is 6.00. The van der Waals surface area contributed by atoms with Crippen molar-refractivity contribution in [3.8, 4) is 0 Å². The molecule has 0 saturated heterocycles. The molecule has 1 aliphatic carbocycles. The largest absolute Gasteiger partial charge is 0.481 e. The van der Waals surface area contributed by atoms with Gasteiger partial charge in [-0.15, -0.1) is 0 Å². The number of hydrogen-bond donors (Lipinski definition) is 4. The predicted octanol–water partition coefficient (Wildman–Crippen LogP) is 2.87. The molecule has 5 N–H and O–H groups in total. The van der Waals surface area contributed by atoms with Crippen LogP contribution in [0.25, 0.3) is 11.0 Å². The van der Waals surface area contributed by atoms with Gasteiger partial charge in [-0.1, -0.05) is 0 Å². The van der Waals surface area contributed by atoms with Crippen LogP contribution >= 0.6 is 0 Å². The topological polar surface area (TPSA) is 129 Å². The van der Waals surface area contributed by atoms with Gasteiger partial charge in [-0.3, -0.25) is 15.0 Å². The molecule has 1 heterocycles. The smallest absolute Gasteiger partial charge is 0.303 e. The summed E-state index contributed by atoms with van der Waals surface area (Å²) in [6.07, 6.45) is 4.48. The van der Waals surface area contributed by atoms with E-state index < -0.39 is 5.97 Å². The average Bonchev–Trinajstić information content (AvgIpc) is 3.04. The zero-order chi connectivity index (χ0) is 18.7. The van der Waals surface area contributed by atoms with E-state index in [1.165, 1.54) is 0 Å². The summed E-state index contributed by atoms with van der Waals surface area (Å²) in [6, 6.07) is 6.87. The molecule has 1 amide bonds. The van der Waals surface area contributed by atoms with Crippen LogP contribution in [0.1, 0.15) is 54.6 Å². The van der Waals surface area contributed by atoms with Crippen LogP contribution in [0, 0.1) is 11.3 Å². The van der Waals surface area contributed by atoms with E-state index in [4.69, 9.17) is 20.7 Å². The lowest BCUT2D eigenvalue weighted by Crippen LogP contribution is -2.37. The lowest BCUT2D eigenvalue weighted by Gasteiger charge is -2.28. The lowest BCUT2D eigenvalue weighted by molar-refractivity contribution is -0.137. The third-order valence-electron chi connectivity index (χ3n) is 5.00. The second-order valence-electron chi connectivity index (χ2n) is 6.90. The summed E-state index contributed by atoms with van der Waals surface area (Å²) >= 11 is 0.